The van der Waals surface area contributed by atoms with Crippen LogP contribution in [-0.4, -0.2) is 11.4 Å². The van der Waals surface area contributed by atoms with E-state index in [0.717, 1.165) is 94.9 Å². The number of hydrogen-bond acceptors (Lipinski definition) is 2. The number of aromatic nitrogens is 2. The second-order valence-electron chi connectivity index (χ2n) is 12.3. The Bertz CT molecular complexity index is 2560. The van der Waals surface area contributed by atoms with Gasteiger partial charge < -0.3 is 9.97 Å². The summed E-state index contributed by atoms with van der Waals surface area (Å²) in [6.45, 7) is 2.16. The van der Waals surface area contributed by atoms with Gasteiger partial charge >= 0.3 is 16.5 Å². The molecule has 0 aliphatic carbocycles. The minimum atomic E-state index is 0. The molecule has 5 heteroatoms. The van der Waals surface area contributed by atoms with Gasteiger partial charge in [-0.15, -0.1) is 16.4 Å². The summed E-state index contributed by atoms with van der Waals surface area (Å²) in [5, 5.41) is 1.73. The molecule has 0 N–H and O–H groups in total. The summed E-state index contributed by atoms with van der Waals surface area (Å²) in [6.07, 6.45) is 10.5. The van der Waals surface area contributed by atoms with E-state index in [9.17, 15) is 0 Å². The van der Waals surface area contributed by atoms with Crippen LogP contribution in [0.25, 0.3) is 22.3 Å². The van der Waals surface area contributed by atoms with Crippen molar-refractivity contribution in [2.45, 2.75) is 6.92 Å². The molecule has 0 saturated heterocycles. The van der Waals surface area contributed by atoms with E-state index < -0.39 is 0 Å². The van der Waals surface area contributed by atoms with Crippen LogP contribution in [0, 0.1) is 6.92 Å². The molecule has 0 radical (unpaired) electrons. The molecule has 8 bridgehead atoms. The Labute approximate surface area is 301 Å². The molecule has 0 saturated carbocycles. The maximum absolute atomic E-state index is 5.36. The molecule has 3 aliphatic heterocycles. The van der Waals surface area contributed by atoms with Gasteiger partial charge in [-0.2, -0.15) is 6.20 Å². The second kappa shape index (κ2) is 13.1. The molecular formula is C45H30N4Ni. The molecule has 5 heterocycles. The van der Waals surface area contributed by atoms with E-state index in [1.54, 1.807) is 0 Å². The van der Waals surface area contributed by atoms with Crippen LogP contribution in [0.1, 0.15) is 39.1 Å². The fraction of sp³-hybridized carbons (Fsp3) is 0.0222. The van der Waals surface area contributed by atoms with Gasteiger partial charge in [-0.3, -0.25) is 0 Å². The Balaban J connectivity index is 0.00000361. The Morgan fingerprint density at radius 1 is 0.440 bits per heavy atom. The third-order valence-electron chi connectivity index (χ3n) is 9.29. The molecule has 6 aromatic rings. The van der Waals surface area contributed by atoms with Gasteiger partial charge in [0.25, 0.3) is 0 Å². The molecule has 0 spiro atoms. The van der Waals surface area contributed by atoms with Gasteiger partial charge in [0, 0.05) is 11.1 Å². The number of fused-ring (bicyclic) bond motifs is 6. The number of nitrogens with zero attached hydrogens (tertiary/aromatic N) is 4. The zero-order chi connectivity index (χ0) is 32.7. The molecule has 0 amide bonds. The first-order valence-electron chi connectivity index (χ1n) is 16.5. The number of benzene rings is 4. The summed E-state index contributed by atoms with van der Waals surface area (Å²) in [7, 11) is 0. The van der Waals surface area contributed by atoms with Crippen molar-refractivity contribution >= 4 is 33.7 Å². The van der Waals surface area contributed by atoms with E-state index >= 15 is 0 Å². The first-order valence-corrected chi connectivity index (χ1v) is 16.5. The Kier molecular flexibility index (Phi) is 8.20. The molecule has 240 valence electrons. The Morgan fingerprint density at radius 2 is 0.860 bits per heavy atom. The maximum Gasteiger partial charge on any atom is 2.00 e. The van der Waals surface area contributed by atoms with Crippen LogP contribution in [0.15, 0.2) is 185 Å². The maximum atomic E-state index is 5.36. The fourth-order valence-corrected chi connectivity index (χ4v) is 7.00. The topological polar surface area (TPSA) is 52.9 Å². The molecular weight excluding hydrogens is 655 g/mol. The predicted molar refractivity (Wildman–Crippen MR) is 199 cm³/mol. The number of hydrogen-bond donors (Lipinski definition) is 0. The van der Waals surface area contributed by atoms with E-state index in [4.69, 9.17) is 20.0 Å². The summed E-state index contributed by atoms with van der Waals surface area (Å²) in [5.74, 6) is 0. The summed E-state index contributed by atoms with van der Waals surface area (Å²) in [5.41, 5.74) is 14.8. The van der Waals surface area contributed by atoms with E-state index in [2.05, 4.69) is 140 Å². The van der Waals surface area contributed by atoms with Crippen molar-refractivity contribution in [1.82, 2.24) is 9.97 Å². The average molecular weight is 685 g/mol. The van der Waals surface area contributed by atoms with Gasteiger partial charge in [-0.05, 0) is 70.2 Å². The first-order chi connectivity index (χ1) is 24.2. The summed E-state index contributed by atoms with van der Waals surface area (Å²) in [6, 6.07) is 46.0. The average Bonchev–Trinajstić information content (AvgIpc) is 3.98. The van der Waals surface area contributed by atoms with E-state index in [-0.39, 0.29) is 16.5 Å². The van der Waals surface area contributed by atoms with Gasteiger partial charge in [0.1, 0.15) is 0 Å². The normalized spacial score (nSPS) is 15.0. The minimum Gasteiger partial charge on any atom is -0.663 e. The summed E-state index contributed by atoms with van der Waals surface area (Å²) >= 11 is 0. The molecule has 9 rings (SSSR count). The quantitative estimate of drug-likeness (QED) is 0.180. The summed E-state index contributed by atoms with van der Waals surface area (Å²) in [4.78, 5) is 21.2. The van der Waals surface area contributed by atoms with Crippen molar-refractivity contribution in [3.63, 3.8) is 0 Å². The molecule has 0 fully saturated rings. The Hall–Kier alpha value is -6.03. The fourth-order valence-electron chi connectivity index (χ4n) is 7.00. The smallest absolute Gasteiger partial charge is 0.663 e. The minimum absolute atomic E-state index is 0. The summed E-state index contributed by atoms with van der Waals surface area (Å²) < 4.78 is 0. The van der Waals surface area contributed by atoms with E-state index in [0.29, 0.717) is 0 Å². The van der Waals surface area contributed by atoms with Crippen molar-refractivity contribution in [3.8, 4) is 0 Å². The van der Waals surface area contributed by atoms with Gasteiger partial charge in [0.15, 0.2) is 0 Å². The van der Waals surface area contributed by atoms with Crippen LogP contribution in [-0.2, 0) is 16.5 Å². The van der Waals surface area contributed by atoms with Crippen LogP contribution >= 0.6 is 0 Å². The van der Waals surface area contributed by atoms with Gasteiger partial charge in [-0.25, -0.2) is 9.98 Å². The molecule has 0 atom stereocenters. The monoisotopic (exact) mass is 684 g/mol. The molecule has 4 nitrogen and oxygen atoms in total. The molecule has 0 unspecified atom stereocenters. The third-order valence-corrected chi connectivity index (χ3v) is 9.29. The van der Waals surface area contributed by atoms with Crippen molar-refractivity contribution in [3.05, 3.63) is 225 Å². The molecule has 4 aromatic carbocycles. The van der Waals surface area contributed by atoms with Gasteiger partial charge in [-0.1, -0.05) is 139 Å². The molecule has 2 aromatic heterocycles. The van der Waals surface area contributed by atoms with E-state index in [1.807, 2.05) is 30.5 Å². The SMILES string of the molecule is Cc1c2c[n-]c1C(c1ccccc1)=c1ccc([n-]1)=C(c1ccccc1)C1=NC(=C(c3ccccc3)C3=NC(=C2c2ccccc2)C=C3)C=C1.[Ni+2]. The number of allylic oxidation sites excluding steroid dienone is 5. The van der Waals surface area contributed by atoms with Gasteiger partial charge in [0.2, 0.25) is 0 Å². The Morgan fingerprint density at radius 3 is 1.40 bits per heavy atom. The third kappa shape index (κ3) is 5.42. The van der Waals surface area contributed by atoms with Crippen LogP contribution in [0.2, 0.25) is 0 Å². The standard InChI is InChI=1S/C45H30N4.Ni/c1-29-34-28-46-45(29)44(33-20-12-5-13-21-33)40-27-26-39(49-40)43(32-18-10-4-11-19-32)38-25-24-37(48-38)42(31-16-8-3-9-17-31)36-23-22-35(47-36)41(34)30-14-6-2-7-15-30;/h2-28H,1H3;/q-2;+2. The number of rotatable bonds is 4. The van der Waals surface area contributed by atoms with Gasteiger partial charge in [0.05, 0.1) is 22.8 Å². The molecule has 3 aliphatic rings. The first kappa shape index (κ1) is 31.3. The van der Waals surface area contributed by atoms with Crippen molar-refractivity contribution in [2.24, 2.45) is 9.98 Å². The van der Waals surface area contributed by atoms with Crippen LogP contribution in [0.4, 0.5) is 0 Å². The predicted octanol–water partition coefficient (Wildman–Crippen LogP) is 7.56. The van der Waals surface area contributed by atoms with Crippen molar-refractivity contribution in [2.75, 3.05) is 0 Å². The zero-order valence-electron chi connectivity index (χ0n) is 27.2. The van der Waals surface area contributed by atoms with Crippen molar-refractivity contribution in [1.29, 1.82) is 0 Å². The van der Waals surface area contributed by atoms with Crippen LogP contribution in [0.5, 0.6) is 0 Å². The second-order valence-corrected chi connectivity index (χ2v) is 12.3. The largest absolute Gasteiger partial charge is 2.00 e. The van der Waals surface area contributed by atoms with Crippen LogP contribution in [0.3, 0.4) is 0 Å². The van der Waals surface area contributed by atoms with Crippen LogP contribution < -0.4 is 20.7 Å². The van der Waals surface area contributed by atoms with E-state index in [1.165, 1.54) is 0 Å². The molecule has 50 heavy (non-hydrogen) atoms. The number of aliphatic imine (C=N–C) groups is 2. The zero-order valence-corrected chi connectivity index (χ0v) is 28.2. The van der Waals surface area contributed by atoms with Crippen molar-refractivity contribution < 1.29 is 16.5 Å².